The zero-order valence-electron chi connectivity index (χ0n) is 15.8. The topological polar surface area (TPSA) is 84.5 Å². The molecule has 3 aromatic carbocycles. The van der Waals surface area contributed by atoms with Crippen LogP contribution in [0.15, 0.2) is 77.7 Å². The van der Waals surface area contributed by atoms with Crippen LogP contribution in [0.25, 0.3) is 0 Å². The highest BCUT2D eigenvalue weighted by Crippen LogP contribution is 2.24. The predicted octanol–water partition coefficient (Wildman–Crippen LogP) is 4.69. The lowest BCUT2D eigenvalue weighted by Crippen LogP contribution is -2.30. The first-order valence-electron chi connectivity index (χ1n) is 8.85. The third-order valence-electron chi connectivity index (χ3n) is 4.05. The first-order chi connectivity index (χ1) is 14.2. The number of anilines is 2. The number of sulfonamides is 1. The van der Waals surface area contributed by atoms with E-state index in [9.17, 15) is 17.6 Å². The van der Waals surface area contributed by atoms with Gasteiger partial charge in [0.1, 0.15) is 11.6 Å². The molecule has 3 rings (SSSR count). The first-order valence-corrected chi connectivity index (χ1v) is 10.7. The van der Waals surface area contributed by atoms with Crippen LogP contribution in [-0.4, -0.2) is 20.4 Å². The summed E-state index contributed by atoms with van der Waals surface area (Å²) in [5, 5.41) is 2.91. The third-order valence-corrected chi connectivity index (χ3v) is 5.76. The van der Waals surface area contributed by atoms with Gasteiger partial charge in [-0.05, 0) is 67.6 Å². The Kier molecular flexibility index (Phi) is 6.59. The van der Waals surface area contributed by atoms with Gasteiger partial charge in [0.05, 0.1) is 15.6 Å². The van der Waals surface area contributed by atoms with Gasteiger partial charge in [-0.3, -0.25) is 9.52 Å². The molecule has 0 aliphatic rings. The van der Waals surface area contributed by atoms with E-state index in [-0.39, 0.29) is 15.6 Å². The van der Waals surface area contributed by atoms with E-state index in [0.717, 1.165) is 0 Å². The Labute approximate surface area is 178 Å². The zero-order valence-corrected chi connectivity index (χ0v) is 17.4. The number of halogens is 2. The normalized spacial score (nSPS) is 12.1. The first kappa shape index (κ1) is 21.6. The lowest BCUT2D eigenvalue weighted by molar-refractivity contribution is -0.122. The minimum absolute atomic E-state index is 0.0102. The maximum atomic E-state index is 12.9. The molecule has 9 heteroatoms. The highest BCUT2D eigenvalue weighted by atomic mass is 35.5. The standard InChI is InChI=1S/C21H18ClFN2O4S/c1-14(29-17-10-6-15(23)7-11-17)21(26)24-16-8-12-18(13-9-16)30(27,28)25-20-5-3-2-4-19(20)22/h2-14,25H,1H3,(H,24,26)/t14-/m1/s1. The number of amides is 1. The SMILES string of the molecule is C[C@@H](Oc1ccc(F)cc1)C(=O)Nc1ccc(S(=O)(=O)Nc2ccccc2Cl)cc1. The molecule has 0 spiro atoms. The summed E-state index contributed by atoms with van der Waals surface area (Å²) >= 11 is 5.99. The summed E-state index contributed by atoms with van der Waals surface area (Å²) < 4.78 is 45.9. The number of nitrogens with one attached hydrogen (secondary N) is 2. The van der Waals surface area contributed by atoms with Crippen LogP contribution in [0, 0.1) is 5.82 Å². The van der Waals surface area contributed by atoms with E-state index in [2.05, 4.69) is 10.0 Å². The second-order valence-electron chi connectivity index (χ2n) is 6.31. The third kappa shape index (κ3) is 5.49. The maximum absolute atomic E-state index is 12.9. The van der Waals surface area contributed by atoms with Crippen molar-refractivity contribution in [1.82, 2.24) is 0 Å². The van der Waals surface area contributed by atoms with E-state index < -0.39 is 27.9 Å². The summed E-state index contributed by atoms with van der Waals surface area (Å²) in [6, 6.07) is 17.4. The fraction of sp³-hybridized carbons (Fsp3) is 0.0952. The van der Waals surface area contributed by atoms with Crippen LogP contribution >= 0.6 is 11.6 Å². The molecule has 3 aromatic rings. The largest absolute Gasteiger partial charge is 0.481 e. The summed E-state index contributed by atoms with van der Waals surface area (Å²) in [5.74, 6) is -0.492. The van der Waals surface area contributed by atoms with Crippen molar-refractivity contribution in [3.8, 4) is 5.75 Å². The van der Waals surface area contributed by atoms with E-state index >= 15 is 0 Å². The molecule has 0 saturated carbocycles. The van der Waals surface area contributed by atoms with E-state index in [0.29, 0.717) is 11.4 Å². The number of rotatable bonds is 7. The maximum Gasteiger partial charge on any atom is 0.265 e. The minimum Gasteiger partial charge on any atom is -0.481 e. The van der Waals surface area contributed by atoms with Crippen LogP contribution in [0.2, 0.25) is 5.02 Å². The molecule has 0 radical (unpaired) electrons. The van der Waals surface area contributed by atoms with Crippen molar-refractivity contribution in [2.45, 2.75) is 17.9 Å². The average molecular weight is 449 g/mol. The Balaban J connectivity index is 1.64. The fourth-order valence-corrected chi connectivity index (χ4v) is 3.80. The van der Waals surface area contributed by atoms with Gasteiger partial charge in [0.25, 0.3) is 15.9 Å². The lowest BCUT2D eigenvalue weighted by atomic mass is 10.3. The van der Waals surface area contributed by atoms with Crippen molar-refractivity contribution in [2.24, 2.45) is 0 Å². The molecule has 30 heavy (non-hydrogen) atoms. The summed E-state index contributed by atoms with van der Waals surface area (Å²) in [6.45, 7) is 1.55. The molecule has 0 aromatic heterocycles. The van der Waals surface area contributed by atoms with Crippen molar-refractivity contribution in [3.05, 3.63) is 83.6 Å². The molecule has 0 bridgehead atoms. The molecule has 0 fully saturated rings. The van der Waals surface area contributed by atoms with Crippen LogP contribution in [0.4, 0.5) is 15.8 Å². The van der Waals surface area contributed by atoms with Gasteiger partial charge < -0.3 is 10.1 Å². The smallest absolute Gasteiger partial charge is 0.265 e. The van der Waals surface area contributed by atoms with Crippen LogP contribution in [-0.2, 0) is 14.8 Å². The Hall–Kier alpha value is -3.10. The molecule has 1 atom stereocenters. The zero-order chi connectivity index (χ0) is 21.7. The molecule has 2 N–H and O–H groups in total. The van der Waals surface area contributed by atoms with Crippen molar-refractivity contribution in [3.63, 3.8) is 0 Å². The summed E-state index contributed by atoms with van der Waals surface area (Å²) in [4.78, 5) is 12.3. The summed E-state index contributed by atoms with van der Waals surface area (Å²) in [6.07, 6.45) is -0.847. The van der Waals surface area contributed by atoms with Crippen molar-refractivity contribution < 1.29 is 22.3 Å². The number of ether oxygens (including phenoxy) is 1. The van der Waals surface area contributed by atoms with Gasteiger partial charge in [-0.25, -0.2) is 12.8 Å². The van der Waals surface area contributed by atoms with Crippen molar-refractivity contribution >= 4 is 38.9 Å². The highest BCUT2D eigenvalue weighted by molar-refractivity contribution is 7.92. The quantitative estimate of drug-likeness (QED) is 0.549. The van der Waals surface area contributed by atoms with Gasteiger partial charge in [-0.15, -0.1) is 0 Å². The van der Waals surface area contributed by atoms with Crippen LogP contribution in [0.3, 0.4) is 0 Å². The number of carbonyl (C=O) groups is 1. The molecule has 0 aliphatic heterocycles. The van der Waals surface area contributed by atoms with Crippen molar-refractivity contribution in [1.29, 1.82) is 0 Å². The van der Waals surface area contributed by atoms with Crippen LogP contribution in [0.1, 0.15) is 6.92 Å². The van der Waals surface area contributed by atoms with Crippen molar-refractivity contribution in [2.75, 3.05) is 10.0 Å². The Morgan fingerprint density at radius 1 is 1.00 bits per heavy atom. The number of hydrogen-bond acceptors (Lipinski definition) is 4. The van der Waals surface area contributed by atoms with Gasteiger partial charge in [0.15, 0.2) is 6.10 Å². The molecular formula is C21H18ClFN2O4S. The van der Waals surface area contributed by atoms with Gasteiger partial charge in [0, 0.05) is 5.69 Å². The Bertz CT molecular complexity index is 1140. The van der Waals surface area contributed by atoms with E-state index in [1.807, 2.05) is 0 Å². The number of benzene rings is 3. The van der Waals surface area contributed by atoms with E-state index in [4.69, 9.17) is 16.3 Å². The number of carbonyl (C=O) groups excluding carboxylic acids is 1. The predicted molar refractivity (Wildman–Crippen MR) is 114 cm³/mol. The minimum atomic E-state index is -3.84. The van der Waals surface area contributed by atoms with Gasteiger partial charge in [0.2, 0.25) is 0 Å². The van der Waals surface area contributed by atoms with E-state index in [1.54, 1.807) is 31.2 Å². The molecular weight excluding hydrogens is 431 g/mol. The molecule has 0 heterocycles. The Morgan fingerprint density at radius 3 is 2.27 bits per heavy atom. The number of hydrogen-bond donors (Lipinski definition) is 2. The monoisotopic (exact) mass is 448 g/mol. The van der Waals surface area contributed by atoms with Crippen LogP contribution < -0.4 is 14.8 Å². The molecule has 6 nitrogen and oxygen atoms in total. The summed E-state index contributed by atoms with van der Waals surface area (Å²) in [7, 11) is -3.84. The van der Waals surface area contributed by atoms with Gasteiger partial charge >= 0.3 is 0 Å². The lowest BCUT2D eigenvalue weighted by Gasteiger charge is -2.15. The second kappa shape index (κ2) is 9.15. The van der Waals surface area contributed by atoms with Gasteiger partial charge in [-0.1, -0.05) is 23.7 Å². The van der Waals surface area contributed by atoms with E-state index in [1.165, 1.54) is 48.5 Å². The Morgan fingerprint density at radius 2 is 1.63 bits per heavy atom. The molecule has 0 unspecified atom stereocenters. The fourth-order valence-electron chi connectivity index (χ4n) is 2.48. The molecule has 0 aliphatic carbocycles. The van der Waals surface area contributed by atoms with Gasteiger partial charge in [-0.2, -0.15) is 0 Å². The molecule has 1 amide bonds. The molecule has 156 valence electrons. The molecule has 0 saturated heterocycles. The highest BCUT2D eigenvalue weighted by Gasteiger charge is 2.18. The average Bonchev–Trinajstić information content (AvgIpc) is 2.71. The summed E-state index contributed by atoms with van der Waals surface area (Å²) in [5.41, 5.74) is 0.662. The second-order valence-corrected chi connectivity index (χ2v) is 8.40. The number of para-hydroxylation sites is 1. The van der Waals surface area contributed by atoms with Crippen LogP contribution in [0.5, 0.6) is 5.75 Å².